The van der Waals surface area contributed by atoms with Crippen LogP contribution >= 0.6 is 0 Å². The summed E-state index contributed by atoms with van der Waals surface area (Å²) >= 11 is 0. The van der Waals surface area contributed by atoms with Crippen LogP contribution in [0.5, 0.6) is 0 Å². The Morgan fingerprint density at radius 1 is 0.929 bits per heavy atom. The van der Waals surface area contributed by atoms with Crippen LogP contribution in [0.1, 0.15) is 12.5 Å². The van der Waals surface area contributed by atoms with Gasteiger partial charge < -0.3 is 5.32 Å². The molecule has 0 aliphatic rings. The summed E-state index contributed by atoms with van der Waals surface area (Å²) < 4.78 is 27.0. The lowest BCUT2D eigenvalue weighted by Gasteiger charge is -2.09. The van der Waals surface area contributed by atoms with E-state index < -0.39 is 10.0 Å². The molecule has 0 saturated carbocycles. The fraction of sp³-hybridized carbons (Fsp3) is 0.0500. The fourth-order valence-corrected chi connectivity index (χ4v) is 3.30. The molecule has 0 radical (unpaired) electrons. The topological polar surface area (TPSA) is 101 Å². The summed E-state index contributed by atoms with van der Waals surface area (Å²) in [6, 6.07) is 16.9. The third-order valence-corrected chi connectivity index (χ3v) is 5.10. The second-order valence-electron chi connectivity index (χ2n) is 5.89. The molecular weight excluding hydrogens is 376 g/mol. The van der Waals surface area contributed by atoms with Gasteiger partial charge in [0.25, 0.3) is 15.9 Å². The van der Waals surface area contributed by atoms with E-state index >= 15 is 0 Å². The minimum Gasteiger partial charge on any atom is -0.322 e. The van der Waals surface area contributed by atoms with Crippen LogP contribution in [-0.2, 0) is 14.8 Å². The zero-order chi connectivity index (χ0) is 20.0. The highest BCUT2D eigenvalue weighted by Gasteiger charge is 2.15. The van der Waals surface area contributed by atoms with Gasteiger partial charge in [-0.3, -0.25) is 4.79 Å². The number of benzene rings is 2. The standard InChI is InChI=1S/C20H18N4O3S/c1-15(14-16-6-3-2-4-7-16)19(25)23-17-8-10-18(11-9-17)28(26,27)24-20-21-12-5-13-22-20/h2-14H,1H3,(H,23,25)(H,21,22,24)/b15-14-. The molecule has 0 unspecified atom stereocenters. The van der Waals surface area contributed by atoms with Crippen LogP contribution in [-0.4, -0.2) is 24.3 Å². The van der Waals surface area contributed by atoms with Crippen LogP contribution in [0, 0.1) is 0 Å². The van der Waals surface area contributed by atoms with Gasteiger partial charge in [-0.1, -0.05) is 30.3 Å². The highest BCUT2D eigenvalue weighted by molar-refractivity contribution is 7.92. The average molecular weight is 394 g/mol. The number of amides is 1. The Labute approximate surface area is 163 Å². The summed E-state index contributed by atoms with van der Waals surface area (Å²) in [7, 11) is -3.81. The third kappa shape index (κ3) is 5.01. The molecule has 1 amide bonds. The van der Waals surface area contributed by atoms with Crippen LogP contribution < -0.4 is 10.0 Å². The number of nitrogens with zero attached hydrogens (tertiary/aromatic N) is 2. The van der Waals surface area contributed by atoms with Crippen molar-refractivity contribution in [2.45, 2.75) is 11.8 Å². The molecule has 1 heterocycles. The van der Waals surface area contributed by atoms with Crippen LogP contribution in [0.4, 0.5) is 11.6 Å². The van der Waals surface area contributed by atoms with Crippen molar-refractivity contribution in [2.75, 3.05) is 10.0 Å². The first-order valence-electron chi connectivity index (χ1n) is 8.39. The molecule has 0 aliphatic carbocycles. The van der Waals surface area contributed by atoms with Crippen molar-refractivity contribution in [3.8, 4) is 0 Å². The van der Waals surface area contributed by atoms with Crippen LogP contribution in [0.25, 0.3) is 6.08 Å². The molecule has 0 bridgehead atoms. The highest BCUT2D eigenvalue weighted by Crippen LogP contribution is 2.17. The summed E-state index contributed by atoms with van der Waals surface area (Å²) in [6.45, 7) is 1.71. The number of nitrogens with one attached hydrogen (secondary N) is 2. The molecule has 1 aromatic heterocycles. The van der Waals surface area contributed by atoms with Crippen LogP contribution in [0.2, 0.25) is 0 Å². The number of sulfonamides is 1. The highest BCUT2D eigenvalue weighted by atomic mass is 32.2. The molecular formula is C20H18N4O3S. The maximum atomic E-state index is 12.4. The van der Waals surface area contributed by atoms with Crippen LogP contribution in [0.15, 0.2) is 83.5 Å². The van der Waals surface area contributed by atoms with Gasteiger partial charge in [0.05, 0.1) is 4.90 Å². The van der Waals surface area contributed by atoms with Crippen molar-refractivity contribution in [3.63, 3.8) is 0 Å². The second kappa shape index (κ2) is 8.45. The first-order chi connectivity index (χ1) is 13.4. The fourth-order valence-electron chi connectivity index (χ4n) is 2.34. The van der Waals surface area contributed by atoms with Crippen LogP contribution in [0.3, 0.4) is 0 Å². The van der Waals surface area contributed by atoms with E-state index in [0.29, 0.717) is 11.3 Å². The predicted octanol–water partition coefficient (Wildman–Crippen LogP) is 3.32. The van der Waals surface area contributed by atoms with E-state index in [4.69, 9.17) is 0 Å². The van der Waals surface area contributed by atoms with Gasteiger partial charge in [0.2, 0.25) is 5.95 Å². The van der Waals surface area contributed by atoms with E-state index in [1.54, 1.807) is 19.1 Å². The van der Waals surface area contributed by atoms with Gasteiger partial charge in [0, 0.05) is 23.7 Å². The Kier molecular flexibility index (Phi) is 5.81. The van der Waals surface area contributed by atoms with E-state index in [0.717, 1.165) is 5.56 Å². The smallest absolute Gasteiger partial charge is 0.264 e. The first kappa shape index (κ1) is 19.2. The van der Waals surface area contributed by atoms with E-state index in [1.807, 2.05) is 30.3 Å². The molecule has 2 N–H and O–H groups in total. The van der Waals surface area contributed by atoms with E-state index in [1.165, 1.54) is 36.7 Å². The number of hydrogen-bond acceptors (Lipinski definition) is 5. The molecule has 8 heteroatoms. The molecule has 0 atom stereocenters. The third-order valence-electron chi connectivity index (χ3n) is 3.75. The van der Waals surface area contributed by atoms with Crippen molar-refractivity contribution in [1.29, 1.82) is 0 Å². The number of hydrogen-bond donors (Lipinski definition) is 2. The lowest BCUT2D eigenvalue weighted by Crippen LogP contribution is -2.15. The second-order valence-corrected chi connectivity index (χ2v) is 7.58. The maximum absolute atomic E-state index is 12.4. The molecule has 7 nitrogen and oxygen atoms in total. The van der Waals surface area contributed by atoms with Crippen molar-refractivity contribution < 1.29 is 13.2 Å². The number of carbonyl (C=O) groups is 1. The number of anilines is 2. The van der Waals surface area contributed by atoms with E-state index in [-0.39, 0.29) is 16.8 Å². The van der Waals surface area contributed by atoms with Gasteiger partial charge in [-0.15, -0.1) is 0 Å². The van der Waals surface area contributed by atoms with Gasteiger partial charge >= 0.3 is 0 Å². The number of aromatic nitrogens is 2. The summed E-state index contributed by atoms with van der Waals surface area (Å²) in [5, 5.41) is 2.74. The summed E-state index contributed by atoms with van der Waals surface area (Å²) in [6.07, 6.45) is 4.65. The van der Waals surface area contributed by atoms with Crippen molar-refractivity contribution in [3.05, 3.63) is 84.2 Å². The molecule has 0 aliphatic heterocycles. The molecule has 0 saturated heterocycles. The Hall–Kier alpha value is -3.52. The Morgan fingerprint density at radius 3 is 2.21 bits per heavy atom. The number of carbonyl (C=O) groups excluding carboxylic acids is 1. The van der Waals surface area contributed by atoms with Crippen molar-refractivity contribution in [2.24, 2.45) is 0 Å². The molecule has 142 valence electrons. The zero-order valence-corrected chi connectivity index (χ0v) is 15.8. The maximum Gasteiger partial charge on any atom is 0.264 e. The Morgan fingerprint density at radius 2 is 1.57 bits per heavy atom. The van der Waals surface area contributed by atoms with Crippen molar-refractivity contribution in [1.82, 2.24) is 9.97 Å². The SMILES string of the molecule is C/C(=C/c1ccccc1)C(=O)Nc1ccc(S(=O)(=O)Nc2ncccn2)cc1. The Balaban J connectivity index is 1.69. The Bertz CT molecular complexity index is 1080. The van der Waals surface area contributed by atoms with Crippen molar-refractivity contribution >= 4 is 33.6 Å². The van der Waals surface area contributed by atoms with E-state index in [2.05, 4.69) is 20.0 Å². The van der Waals surface area contributed by atoms with Gasteiger partial charge in [-0.05, 0) is 48.9 Å². The zero-order valence-electron chi connectivity index (χ0n) is 15.0. The molecule has 0 spiro atoms. The lowest BCUT2D eigenvalue weighted by atomic mass is 10.1. The minimum absolute atomic E-state index is 0.0125. The molecule has 3 aromatic rings. The summed E-state index contributed by atoms with van der Waals surface area (Å²) in [5.41, 5.74) is 1.94. The van der Waals surface area contributed by atoms with Gasteiger partial charge in [-0.25, -0.2) is 23.1 Å². The predicted molar refractivity (Wildman–Crippen MR) is 108 cm³/mol. The summed E-state index contributed by atoms with van der Waals surface area (Å²) in [5.74, 6) is -0.281. The van der Waals surface area contributed by atoms with E-state index in [9.17, 15) is 13.2 Å². The van der Waals surface area contributed by atoms with Gasteiger partial charge in [0.1, 0.15) is 0 Å². The molecule has 3 rings (SSSR count). The van der Waals surface area contributed by atoms with Gasteiger partial charge in [-0.2, -0.15) is 0 Å². The average Bonchev–Trinajstić information content (AvgIpc) is 2.69. The summed E-state index contributed by atoms with van der Waals surface area (Å²) in [4.78, 5) is 20.0. The quantitative estimate of drug-likeness (QED) is 0.625. The normalized spacial score (nSPS) is 11.7. The molecule has 28 heavy (non-hydrogen) atoms. The molecule has 0 fully saturated rings. The number of rotatable bonds is 6. The monoisotopic (exact) mass is 394 g/mol. The largest absolute Gasteiger partial charge is 0.322 e. The lowest BCUT2D eigenvalue weighted by molar-refractivity contribution is -0.112. The van der Waals surface area contributed by atoms with Gasteiger partial charge in [0.15, 0.2) is 0 Å². The molecule has 2 aromatic carbocycles. The minimum atomic E-state index is -3.81. The first-order valence-corrected chi connectivity index (χ1v) is 9.87.